The number of Topliss-reactive ketones (excluding diaryl/α,β-unsaturated/α-hetero) is 1. The molecule has 0 fully saturated rings. The molecule has 1 aromatic carbocycles. The van der Waals surface area contributed by atoms with Gasteiger partial charge in [-0.1, -0.05) is 12.7 Å². The summed E-state index contributed by atoms with van der Waals surface area (Å²) in [5, 5.41) is 13.6. The first kappa shape index (κ1) is 16.1. The quantitative estimate of drug-likeness (QED) is 0.818. The zero-order valence-electron chi connectivity index (χ0n) is 12.3. The van der Waals surface area contributed by atoms with Crippen molar-refractivity contribution in [2.75, 3.05) is 5.32 Å². The van der Waals surface area contributed by atoms with Gasteiger partial charge in [0, 0.05) is 23.9 Å². The molecule has 0 aliphatic rings. The van der Waals surface area contributed by atoms with Crippen molar-refractivity contribution in [3.8, 4) is 5.75 Å². The number of carbonyl (C=O) groups is 1. The Morgan fingerprint density at radius 3 is 2.73 bits per heavy atom. The molecule has 5 heteroatoms. The standard InChI is InChI=1S/C17H16BrNO3/c1-4-6-12-15(5-2)22-17(10(3)20)16(12)19-11-7-8-13(18)14(21)9-11/h4-9,19,21H,1H2,2-3H3/b12-6+,15-5+. The third-order valence-electron chi connectivity index (χ3n) is 3.06. The fourth-order valence-corrected chi connectivity index (χ4v) is 2.31. The van der Waals surface area contributed by atoms with Crippen LogP contribution < -0.4 is 16.0 Å². The summed E-state index contributed by atoms with van der Waals surface area (Å²) >= 11 is 3.23. The van der Waals surface area contributed by atoms with E-state index in [0.29, 0.717) is 21.3 Å². The summed E-state index contributed by atoms with van der Waals surface area (Å²) in [6.45, 7) is 6.97. The molecule has 0 radical (unpaired) electrons. The van der Waals surface area contributed by atoms with Crippen LogP contribution in [-0.4, -0.2) is 10.9 Å². The molecular formula is C17H16BrNO3. The maximum atomic E-state index is 11.8. The van der Waals surface area contributed by atoms with E-state index in [1.165, 1.54) is 6.92 Å². The van der Waals surface area contributed by atoms with E-state index in [9.17, 15) is 9.90 Å². The highest BCUT2D eigenvalue weighted by molar-refractivity contribution is 9.10. The monoisotopic (exact) mass is 361 g/mol. The minimum atomic E-state index is -0.185. The summed E-state index contributed by atoms with van der Waals surface area (Å²) in [4.78, 5) is 11.8. The van der Waals surface area contributed by atoms with Crippen LogP contribution in [0.5, 0.6) is 5.75 Å². The third kappa shape index (κ3) is 3.14. The van der Waals surface area contributed by atoms with Crippen LogP contribution >= 0.6 is 15.9 Å². The van der Waals surface area contributed by atoms with Gasteiger partial charge in [0.15, 0.2) is 11.5 Å². The van der Waals surface area contributed by atoms with E-state index in [2.05, 4.69) is 27.8 Å². The van der Waals surface area contributed by atoms with Gasteiger partial charge in [0.1, 0.15) is 11.2 Å². The van der Waals surface area contributed by atoms with Crippen LogP contribution in [0, 0.1) is 0 Å². The van der Waals surface area contributed by atoms with Crippen molar-refractivity contribution in [2.24, 2.45) is 0 Å². The predicted octanol–water partition coefficient (Wildman–Crippen LogP) is 3.46. The normalized spacial score (nSPS) is 12.5. The topological polar surface area (TPSA) is 62.5 Å². The SMILES string of the molecule is C=C/C=c1/c(Nc2ccc(Br)c(O)c2)c(C(C)=O)o/c1=C/C. The Labute approximate surface area is 136 Å². The van der Waals surface area contributed by atoms with Gasteiger partial charge in [0.2, 0.25) is 0 Å². The Kier molecular flexibility index (Phi) is 4.88. The Morgan fingerprint density at radius 2 is 2.18 bits per heavy atom. The van der Waals surface area contributed by atoms with Crippen molar-refractivity contribution in [1.82, 2.24) is 0 Å². The van der Waals surface area contributed by atoms with Gasteiger partial charge in [-0.15, -0.1) is 0 Å². The number of furan rings is 1. The highest BCUT2D eigenvalue weighted by Gasteiger charge is 2.16. The zero-order valence-corrected chi connectivity index (χ0v) is 13.9. The molecule has 114 valence electrons. The fraction of sp³-hybridized carbons (Fsp3) is 0.118. The second-order valence-corrected chi connectivity index (χ2v) is 5.48. The molecular weight excluding hydrogens is 346 g/mol. The maximum Gasteiger partial charge on any atom is 0.197 e. The molecule has 0 unspecified atom stereocenters. The van der Waals surface area contributed by atoms with Crippen LogP contribution in [-0.2, 0) is 0 Å². The highest BCUT2D eigenvalue weighted by atomic mass is 79.9. The van der Waals surface area contributed by atoms with Gasteiger partial charge >= 0.3 is 0 Å². The minimum Gasteiger partial charge on any atom is -0.507 e. The Bertz CT molecular complexity index is 850. The van der Waals surface area contributed by atoms with Crippen LogP contribution in [0.1, 0.15) is 24.4 Å². The van der Waals surface area contributed by atoms with Crippen molar-refractivity contribution in [3.05, 3.63) is 51.7 Å². The second-order valence-electron chi connectivity index (χ2n) is 4.62. The van der Waals surface area contributed by atoms with Gasteiger partial charge in [0.05, 0.1) is 10.2 Å². The number of phenols is 1. The molecule has 22 heavy (non-hydrogen) atoms. The van der Waals surface area contributed by atoms with Crippen LogP contribution in [0.3, 0.4) is 0 Å². The molecule has 0 saturated carbocycles. The number of hydrogen-bond donors (Lipinski definition) is 2. The molecule has 4 nitrogen and oxygen atoms in total. The first-order valence-corrected chi connectivity index (χ1v) is 7.45. The summed E-state index contributed by atoms with van der Waals surface area (Å²) in [6, 6.07) is 5.07. The number of rotatable bonds is 4. The number of benzene rings is 1. The van der Waals surface area contributed by atoms with E-state index in [0.717, 1.165) is 5.22 Å². The summed E-state index contributed by atoms with van der Waals surface area (Å²) in [6.07, 6.45) is 5.18. The molecule has 0 aliphatic heterocycles. The van der Waals surface area contributed by atoms with Gasteiger partial charge < -0.3 is 14.8 Å². The molecule has 0 aliphatic carbocycles. The largest absolute Gasteiger partial charge is 0.507 e. The van der Waals surface area contributed by atoms with Gasteiger partial charge in [0.25, 0.3) is 0 Å². The lowest BCUT2D eigenvalue weighted by molar-refractivity contribution is 0.0987. The number of aromatic hydroxyl groups is 1. The predicted molar refractivity (Wildman–Crippen MR) is 91.9 cm³/mol. The van der Waals surface area contributed by atoms with Crippen LogP contribution in [0.25, 0.3) is 12.2 Å². The van der Waals surface area contributed by atoms with Crippen molar-refractivity contribution in [2.45, 2.75) is 13.8 Å². The number of carbonyl (C=O) groups excluding carboxylic acids is 1. The van der Waals surface area contributed by atoms with Crippen LogP contribution in [0.4, 0.5) is 11.4 Å². The fourth-order valence-electron chi connectivity index (χ4n) is 2.07. The number of ketones is 1. The van der Waals surface area contributed by atoms with E-state index >= 15 is 0 Å². The van der Waals surface area contributed by atoms with Crippen molar-refractivity contribution < 1.29 is 14.3 Å². The van der Waals surface area contributed by atoms with Crippen molar-refractivity contribution in [3.63, 3.8) is 0 Å². The zero-order chi connectivity index (χ0) is 16.3. The molecule has 2 rings (SSSR count). The Hall–Kier alpha value is -2.27. The Morgan fingerprint density at radius 1 is 1.45 bits per heavy atom. The average molecular weight is 362 g/mol. The highest BCUT2D eigenvalue weighted by Crippen LogP contribution is 2.28. The van der Waals surface area contributed by atoms with Gasteiger partial charge in [-0.3, -0.25) is 4.79 Å². The number of anilines is 2. The van der Waals surface area contributed by atoms with Gasteiger partial charge in [-0.25, -0.2) is 0 Å². The molecule has 2 aromatic rings. The summed E-state index contributed by atoms with van der Waals surface area (Å²) in [7, 11) is 0. The van der Waals surface area contributed by atoms with E-state index in [1.54, 1.807) is 36.4 Å². The molecule has 0 bridgehead atoms. The molecule has 2 N–H and O–H groups in total. The van der Waals surface area contributed by atoms with Crippen molar-refractivity contribution >= 4 is 45.2 Å². The summed E-state index contributed by atoms with van der Waals surface area (Å²) < 4.78 is 6.21. The van der Waals surface area contributed by atoms with E-state index in [1.807, 2.05) is 6.92 Å². The third-order valence-corrected chi connectivity index (χ3v) is 3.73. The first-order valence-electron chi connectivity index (χ1n) is 6.66. The Balaban J connectivity index is 2.65. The first-order chi connectivity index (χ1) is 10.5. The van der Waals surface area contributed by atoms with Crippen LogP contribution in [0.2, 0.25) is 0 Å². The van der Waals surface area contributed by atoms with E-state index in [-0.39, 0.29) is 17.3 Å². The molecule has 0 atom stereocenters. The van der Waals surface area contributed by atoms with Crippen molar-refractivity contribution in [1.29, 1.82) is 0 Å². The minimum absolute atomic E-state index is 0.106. The lowest BCUT2D eigenvalue weighted by Gasteiger charge is -2.07. The maximum absolute atomic E-state index is 11.8. The average Bonchev–Trinajstić information content (AvgIpc) is 2.82. The van der Waals surface area contributed by atoms with E-state index < -0.39 is 0 Å². The summed E-state index contributed by atoms with van der Waals surface area (Å²) in [5.41, 5.74) is 1.79. The van der Waals surface area contributed by atoms with Gasteiger partial charge in [-0.05, 0) is 47.1 Å². The number of hydrogen-bond acceptors (Lipinski definition) is 4. The number of nitrogens with one attached hydrogen (secondary N) is 1. The number of halogens is 1. The molecule has 0 saturated heterocycles. The van der Waals surface area contributed by atoms with E-state index in [4.69, 9.17) is 4.42 Å². The van der Waals surface area contributed by atoms with Gasteiger partial charge in [-0.2, -0.15) is 0 Å². The lowest BCUT2D eigenvalue weighted by atomic mass is 10.2. The summed E-state index contributed by atoms with van der Waals surface area (Å²) in [5.74, 6) is 0.161. The lowest BCUT2D eigenvalue weighted by Crippen LogP contribution is -2.21. The molecule has 0 amide bonds. The molecule has 1 heterocycles. The molecule has 0 spiro atoms. The second kappa shape index (κ2) is 6.66. The molecule has 1 aromatic heterocycles. The number of allylic oxidation sites excluding steroid dienone is 1. The van der Waals surface area contributed by atoms with Crippen LogP contribution in [0.15, 0.2) is 39.7 Å². The smallest absolute Gasteiger partial charge is 0.197 e. The number of phenolic OH excluding ortho intramolecular Hbond substituents is 1.